The maximum Gasteiger partial charge on any atom is 0.0820 e. The number of piperidine rings is 1. The summed E-state index contributed by atoms with van der Waals surface area (Å²) < 4.78 is 5.33. The Morgan fingerprint density at radius 3 is 2.50 bits per heavy atom. The predicted octanol–water partition coefficient (Wildman–Crippen LogP) is 0.376. The third kappa shape index (κ3) is 4.01. The van der Waals surface area contributed by atoms with E-state index in [2.05, 4.69) is 23.8 Å². The number of methoxy groups -OCH3 is 1. The van der Waals surface area contributed by atoms with Gasteiger partial charge >= 0.3 is 0 Å². The van der Waals surface area contributed by atoms with E-state index < -0.39 is 0 Å². The van der Waals surface area contributed by atoms with Gasteiger partial charge in [-0.25, -0.2) is 0 Å². The molecule has 0 aliphatic carbocycles. The van der Waals surface area contributed by atoms with Crippen LogP contribution in [0.5, 0.6) is 0 Å². The first-order valence-electron chi connectivity index (χ1n) is 6.36. The number of nitrogens with zero attached hydrogens (tertiary/aromatic N) is 2. The van der Waals surface area contributed by atoms with Crippen molar-refractivity contribution in [1.82, 2.24) is 9.80 Å². The molecule has 0 aromatic heterocycles. The number of likely N-dealkylation sites (N-methyl/N-ethyl adjacent to an activating group) is 1. The number of hydrogen-bond acceptors (Lipinski definition) is 4. The molecule has 16 heavy (non-hydrogen) atoms. The highest BCUT2D eigenvalue weighted by molar-refractivity contribution is 4.79. The molecule has 1 saturated heterocycles. The highest BCUT2D eigenvalue weighted by atomic mass is 16.5. The van der Waals surface area contributed by atoms with E-state index >= 15 is 0 Å². The van der Waals surface area contributed by atoms with Crippen LogP contribution in [-0.2, 0) is 4.74 Å². The van der Waals surface area contributed by atoms with Crippen molar-refractivity contribution in [2.24, 2.45) is 5.73 Å². The molecule has 2 N–H and O–H groups in total. The van der Waals surface area contributed by atoms with Gasteiger partial charge in [0.1, 0.15) is 0 Å². The average Bonchev–Trinajstić information content (AvgIpc) is 2.35. The van der Waals surface area contributed by atoms with Gasteiger partial charge in [0.25, 0.3) is 0 Å². The standard InChI is InChI=1S/C12H27N3O/c1-4-15-7-5-11(6-8-15)14(2)10-12(9-13)16-3/h11-12H,4-10,13H2,1-3H3. The van der Waals surface area contributed by atoms with Gasteiger partial charge in [-0.3, -0.25) is 0 Å². The van der Waals surface area contributed by atoms with E-state index in [-0.39, 0.29) is 6.10 Å². The molecule has 1 unspecified atom stereocenters. The molecule has 0 amide bonds. The molecule has 1 atom stereocenters. The Morgan fingerprint density at radius 1 is 1.44 bits per heavy atom. The fourth-order valence-electron chi connectivity index (χ4n) is 2.39. The molecule has 4 heteroatoms. The normalized spacial score (nSPS) is 21.6. The summed E-state index contributed by atoms with van der Waals surface area (Å²) in [6.45, 7) is 7.43. The molecular formula is C12H27N3O. The second kappa shape index (κ2) is 7.22. The summed E-state index contributed by atoms with van der Waals surface area (Å²) in [7, 11) is 3.93. The van der Waals surface area contributed by atoms with Crippen LogP contribution in [0.4, 0.5) is 0 Å². The molecule has 0 bridgehead atoms. The summed E-state index contributed by atoms with van der Waals surface area (Å²) >= 11 is 0. The van der Waals surface area contributed by atoms with E-state index in [1.807, 2.05) is 0 Å². The van der Waals surface area contributed by atoms with Crippen LogP contribution in [0.25, 0.3) is 0 Å². The highest BCUT2D eigenvalue weighted by Crippen LogP contribution is 2.15. The highest BCUT2D eigenvalue weighted by Gasteiger charge is 2.22. The lowest BCUT2D eigenvalue weighted by molar-refractivity contribution is 0.0491. The van der Waals surface area contributed by atoms with Gasteiger partial charge in [-0.2, -0.15) is 0 Å². The lowest BCUT2D eigenvalue weighted by Crippen LogP contribution is -2.46. The molecule has 1 heterocycles. The van der Waals surface area contributed by atoms with Crippen molar-refractivity contribution < 1.29 is 4.74 Å². The zero-order chi connectivity index (χ0) is 12.0. The van der Waals surface area contributed by atoms with E-state index in [0.29, 0.717) is 12.6 Å². The Morgan fingerprint density at radius 2 is 2.06 bits per heavy atom. The first-order valence-corrected chi connectivity index (χ1v) is 6.36. The van der Waals surface area contributed by atoms with Crippen molar-refractivity contribution >= 4 is 0 Å². The second-order valence-corrected chi connectivity index (χ2v) is 4.70. The third-order valence-corrected chi connectivity index (χ3v) is 3.72. The van der Waals surface area contributed by atoms with Gasteiger partial charge in [0.2, 0.25) is 0 Å². The molecule has 1 aliphatic heterocycles. The summed E-state index contributed by atoms with van der Waals surface area (Å²) in [5.41, 5.74) is 5.64. The third-order valence-electron chi connectivity index (χ3n) is 3.72. The topological polar surface area (TPSA) is 41.7 Å². The molecule has 0 radical (unpaired) electrons. The fraction of sp³-hybridized carbons (Fsp3) is 1.00. The maximum absolute atomic E-state index is 5.64. The van der Waals surface area contributed by atoms with Gasteiger partial charge in [0.05, 0.1) is 6.10 Å². The van der Waals surface area contributed by atoms with Gasteiger partial charge in [0.15, 0.2) is 0 Å². The van der Waals surface area contributed by atoms with Crippen LogP contribution in [0, 0.1) is 0 Å². The van der Waals surface area contributed by atoms with Crippen molar-refractivity contribution in [3.63, 3.8) is 0 Å². The molecule has 1 rings (SSSR count). The van der Waals surface area contributed by atoms with Crippen LogP contribution in [-0.4, -0.2) is 68.8 Å². The quantitative estimate of drug-likeness (QED) is 0.715. The summed E-state index contributed by atoms with van der Waals surface area (Å²) in [5.74, 6) is 0. The lowest BCUT2D eigenvalue weighted by atomic mass is 10.0. The molecule has 0 aromatic carbocycles. The Balaban J connectivity index is 2.29. The Hall–Kier alpha value is -0.160. The first kappa shape index (κ1) is 13.9. The van der Waals surface area contributed by atoms with Crippen LogP contribution in [0.2, 0.25) is 0 Å². The summed E-state index contributed by atoms with van der Waals surface area (Å²) in [6.07, 6.45) is 2.71. The van der Waals surface area contributed by atoms with Gasteiger partial charge in [-0.1, -0.05) is 6.92 Å². The number of rotatable bonds is 6. The minimum Gasteiger partial charge on any atom is -0.379 e. The van der Waals surface area contributed by atoms with E-state index in [0.717, 1.165) is 6.54 Å². The fourth-order valence-corrected chi connectivity index (χ4v) is 2.39. The van der Waals surface area contributed by atoms with Crippen molar-refractivity contribution in [2.45, 2.75) is 31.9 Å². The van der Waals surface area contributed by atoms with E-state index in [1.54, 1.807) is 7.11 Å². The van der Waals surface area contributed by atoms with Crippen molar-refractivity contribution in [1.29, 1.82) is 0 Å². The van der Waals surface area contributed by atoms with Crippen molar-refractivity contribution in [3.8, 4) is 0 Å². The van der Waals surface area contributed by atoms with E-state index in [1.165, 1.54) is 32.5 Å². The Labute approximate surface area is 99.7 Å². The number of nitrogens with two attached hydrogens (primary N) is 1. The molecule has 0 saturated carbocycles. The van der Waals surface area contributed by atoms with Crippen LogP contribution >= 0.6 is 0 Å². The zero-order valence-electron chi connectivity index (χ0n) is 11.0. The van der Waals surface area contributed by atoms with Gasteiger partial charge in [0, 0.05) is 26.2 Å². The summed E-state index contributed by atoms with van der Waals surface area (Å²) in [6, 6.07) is 0.701. The minimum absolute atomic E-state index is 0.175. The molecule has 96 valence electrons. The van der Waals surface area contributed by atoms with Crippen molar-refractivity contribution in [3.05, 3.63) is 0 Å². The van der Waals surface area contributed by atoms with Gasteiger partial charge in [-0.15, -0.1) is 0 Å². The zero-order valence-corrected chi connectivity index (χ0v) is 11.0. The number of ether oxygens (including phenoxy) is 1. The first-order chi connectivity index (χ1) is 7.71. The predicted molar refractivity (Wildman–Crippen MR) is 67.6 cm³/mol. The number of likely N-dealkylation sites (tertiary alicyclic amines) is 1. The molecule has 1 aliphatic rings. The summed E-state index contributed by atoms with van der Waals surface area (Å²) in [4.78, 5) is 4.93. The van der Waals surface area contributed by atoms with Gasteiger partial charge in [-0.05, 0) is 39.5 Å². The summed E-state index contributed by atoms with van der Waals surface area (Å²) in [5, 5.41) is 0. The van der Waals surface area contributed by atoms with Crippen molar-refractivity contribution in [2.75, 3.05) is 46.9 Å². The average molecular weight is 229 g/mol. The molecule has 4 nitrogen and oxygen atoms in total. The van der Waals surface area contributed by atoms with Crippen LogP contribution in [0.1, 0.15) is 19.8 Å². The number of hydrogen-bond donors (Lipinski definition) is 1. The van der Waals surface area contributed by atoms with Gasteiger partial charge < -0.3 is 20.3 Å². The Kier molecular flexibility index (Phi) is 6.28. The van der Waals surface area contributed by atoms with E-state index in [9.17, 15) is 0 Å². The molecule has 0 aromatic rings. The van der Waals surface area contributed by atoms with Crippen LogP contribution in [0.3, 0.4) is 0 Å². The molecular weight excluding hydrogens is 202 g/mol. The lowest BCUT2D eigenvalue weighted by Gasteiger charge is -2.37. The minimum atomic E-state index is 0.175. The van der Waals surface area contributed by atoms with Crippen LogP contribution in [0.15, 0.2) is 0 Å². The molecule has 1 fully saturated rings. The smallest absolute Gasteiger partial charge is 0.0820 e. The van der Waals surface area contributed by atoms with E-state index in [4.69, 9.17) is 10.5 Å². The SMILES string of the molecule is CCN1CCC(N(C)CC(CN)OC)CC1. The van der Waals surface area contributed by atoms with Crippen LogP contribution < -0.4 is 5.73 Å². The molecule has 0 spiro atoms. The largest absolute Gasteiger partial charge is 0.379 e. The monoisotopic (exact) mass is 229 g/mol. The Bertz CT molecular complexity index is 177. The maximum atomic E-state index is 5.64. The second-order valence-electron chi connectivity index (χ2n) is 4.70.